The van der Waals surface area contributed by atoms with E-state index in [4.69, 9.17) is 0 Å². The Kier molecular flexibility index (Phi) is 3.46. The van der Waals surface area contributed by atoms with E-state index in [-0.39, 0.29) is 0 Å². The molecule has 0 aromatic rings. The van der Waals surface area contributed by atoms with Crippen molar-refractivity contribution in [2.24, 2.45) is 0 Å². The Bertz CT molecular complexity index is 193. The highest BCUT2D eigenvalue weighted by atomic mass is 19.3. The lowest BCUT2D eigenvalue weighted by molar-refractivity contribution is -0.318. The molecule has 0 amide bonds. The van der Waals surface area contributed by atoms with E-state index in [0.717, 1.165) is 0 Å². The molecule has 0 heterocycles. The van der Waals surface area contributed by atoms with Gasteiger partial charge in [-0.25, -0.2) is 4.39 Å². The van der Waals surface area contributed by atoms with Crippen LogP contribution in [-0.4, -0.2) is 23.9 Å². The van der Waals surface area contributed by atoms with Gasteiger partial charge in [0.25, 0.3) is 0 Å². The van der Waals surface area contributed by atoms with Gasteiger partial charge in [-0.3, -0.25) is 0 Å². The number of rotatable bonds is 4. The lowest BCUT2D eigenvalue weighted by atomic mass is 10.0. The van der Waals surface area contributed by atoms with Gasteiger partial charge >= 0.3 is 17.8 Å². The first-order valence-electron chi connectivity index (χ1n) is 3.55. The van der Waals surface area contributed by atoms with Crippen LogP contribution in [0.5, 0.6) is 0 Å². The molecule has 0 saturated carbocycles. The molecule has 85 valence electrons. The summed E-state index contributed by atoms with van der Waals surface area (Å²) in [6.07, 6.45) is -4.61. The molecule has 0 rings (SSSR count). The maximum atomic E-state index is 12.4. The molecule has 0 unspecified atom stereocenters. The first-order valence-corrected chi connectivity index (χ1v) is 3.55. The van der Waals surface area contributed by atoms with Crippen LogP contribution in [0.15, 0.2) is 0 Å². The Labute approximate surface area is 76.1 Å². The maximum Gasteiger partial charge on any atom is 0.374 e. The second kappa shape index (κ2) is 3.58. The van der Waals surface area contributed by atoms with Gasteiger partial charge in [-0.15, -0.1) is 0 Å². The fraction of sp³-hybridized carbons (Fsp3) is 0.857. The first kappa shape index (κ1) is 13.5. The highest BCUT2D eigenvalue weighted by molar-refractivity contribution is 4.98. The van der Waals surface area contributed by atoms with Gasteiger partial charge in [0, 0.05) is 6.92 Å². The summed E-state index contributed by atoms with van der Waals surface area (Å²) in [7, 11) is 0. The quantitative estimate of drug-likeness (QED) is 0.642. The largest absolute Gasteiger partial charge is 0.374 e. The molecule has 0 aliphatic rings. The van der Waals surface area contributed by atoms with Crippen molar-refractivity contribution < 1.29 is 30.7 Å². The van der Waals surface area contributed by atoms with Crippen LogP contribution in [0.1, 0.15) is 13.3 Å². The molecule has 0 bridgehead atoms. The van der Waals surface area contributed by atoms with Crippen LogP contribution < -0.4 is 0 Å². The van der Waals surface area contributed by atoms with Crippen molar-refractivity contribution in [3.05, 3.63) is 6.92 Å². The molecule has 1 radical (unpaired) electrons. The molecule has 0 fully saturated rings. The Hall–Kier alpha value is -0.490. The van der Waals surface area contributed by atoms with Crippen LogP contribution in [0.4, 0.5) is 30.7 Å². The smallest absolute Gasteiger partial charge is 0.241 e. The topological polar surface area (TPSA) is 0 Å². The number of halogens is 7. The van der Waals surface area contributed by atoms with E-state index in [0.29, 0.717) is 0 Å². The van der Waals surface area contributed by atoms with Crippen LogP contribution in [-0.2, 0) is 0 Å². The molecule has 0 nitrogen and oxygen atoms in total. The van der Waals surface area contributed by atoms with Crippen molar-refractivity contribution in [2.75, 3.05) is 0 Å². The van der Waals surface area contributed by atoms with E-state index in [1.165, 1.54) is 0 Å². The molecule has 14 heavy (non-hydrogen) atoms. The van der Waals surface area contributed by atoms with Crippen LogP contribution >= 0.6 is 0 Å². The third-order valence-electron chi connectivity index (χ3n) is 1.62. The molecular weight excluding hydrogens is 217 g/mol. The summed E-state index contributed by atoms with van der Waals surface area (Å²) in [5.41, 5.74) is 0. The van der Waals surface area contributed by atoms with Gasteiger partial charge in [0.1, 0.15) is 0 Å². The molecule has 0 aromatic carbocycles. The first-order chi connectivity index (χ1) is 5.98. The van der Waals surface area contributed by atoms with E-state index in [2.05, 4.69) is 6.92 Å². The Morgan fingerprint density at radius 1 is 1.07 bits per heavy atom. The van der Waals surface area contributed by atoms with Gasteiger partial charge in [-0.1, -0.05) is 6.92 Å². The lowest BCUT2D eigenvalue weighted by Gasteiger charge is -2.32. The van der Waals surface area contributed by atoms with Crippen LogP contribution in [0.2, 0.25) is 0 Å². The van der Waals surface area contributed by atoms with E-state index < -0.39 is 37.3 Å². The SMILES string of the molecule is [CH2]C[C@H](F)C(F)(F)C(F)(F)C(C)(F)F. The third-order valence-corrected chi connectivity index (χ3v) is 1.62. The minimum Gasteiger partial charge on any atom is -0.241 e. The molecule has 7 heteroatoms. The maximum absolute atomic E-state index is 12.4. The van der Waals surface area contributed by atoms with Crippen molar-refractivity contribution in [1.29, 1.82) is 0 Å². The standard InChI is InChI=1S/C7H8F7/c1-3-4(8)6(11,12)7(13,14)5(2,9)10/h4H,1,3H2,2H3/t4-/m0/s1. The fourth-order valence-corrected chi connectivity index (χ4v) is 0.671. The number of hydrogen-bond acceptors (Lipinski definition) is 0. The highest BCUT2D eigenvalue weighted by Crippen LogP contribution is 2.48. The minimum absolute atomic E-state index is 0.392. The van der Waals surface area contributed by atoms with Crippen LogP contribution in [0, 0.1) is 6.92 Å². The molecule has 0 spiro atoms. The van der Waals surface area contributed by atoms with Crippen molar-refractivity contribution in [2.45, 2.75) is 37.3 Å². The van der Waals surface area contributed by atoms with Crippen molar-refractivity contribution >= 4 is 0 Å². The van der Waals surface area contributed by atoms with Crippen molar-refractivity contribution in [3.8, 4) is 0 Å². The zero-order valence-electron chi connectivity index (χ0n) is 7.14. The Balaban J connectivity index is 5.07. The average Bonchev–Trinajstić information content (AvgIpc) is 2.00. The summed E-state index contributed by atoms with van der Waals surface area (Å²) in [6, 6.07) is 0. The van der Waals surface area contributed by atoms with Gasteiger partial charge in [-0.2, -0.15) is 26.3 Å². The fourth-order valence-electron chi connectivity index (χ4n) is 0.671. The molecular formula is C7H8F7. The lowest BCUT2D eigenvalue weighted by Crippen LogP contribution is -2.57. The number of hydrogen-bond donors (Lipinski definition) is 0. The molecule has 0 aliphatic heterocycles. The molecule has 1 atom stereocenters. The summed E-state index contributed by atoms with van der Waals surface area (Å²) in [4.78, 5) is 0. The molecule has 0 aromatic heterocycles. The zero-order chi connectivity index (χ0) is 11.8. The third kappa shape index (κ3) is 1.95. The highest BCUT2D eigenvalue weighted by Gasteiger charge is 2.72. The van der Waals surface area contributed by atoms with Crippen molar-refractivity contribution in [3.63, 3.8) is 0 Å². The molecule has 0 saturated heterocycles. The zero-order valence-corrected chi connectivity index (χ0v) is 7.14. The summed E-state index contributed by atoms with van der Waals surface area (Å²) in [6.45, 7) is 2.22. The minimum atomic E-state index is -5.73. The van der Waals surface area contributed by atoms with Gasteiger partial charge in [0.2, 0.25) is 0 Å². The monoisotopic (exact) mass is 225 g/mol. The van der Waals surface area contributed by atoms with Gasteiger partial charge in [0.15, 0.2) is 6.17 Å². The Morgan fingerprint density at radius 3 is 1.64 bits per heavy atom. The van der Waals surface area contributed by atoms with Crippen molar-refractivity contribution in [1.82, 2.24) is 0 Å². The summed E-state index contributed by atoms with van der Waals surface area (Å²) < 4.78 is 86.1. The summed E-state index contributed by atoms with van der Waals surface area (Å²) in [5, 5.41) is 0. The second-order valence-corrected chi connectivity index (χ2v) is 2.84. The molecule has 0 aliphatic carbocycles. The molecule has 0 N–H and O–H groups in total. The van der Waals surface area contributed by atoms with Crippen LogP contribution in [0.25, 0.3) is 0 Å². The Morgan fingerprint density at radius 2 is 1.43 bits per heavy atom. The predicted molar refractivity (Wildman–Crippen MR) is 35.4 cm³/mol. The normalized spacial score (nSPS) is 16.9. The van der Waals surface area contributed by atoms with Gasteiger partial charge in [-0.05, 0) is 6.42 Å². The van der Waals surface area contributed by atoms with Crippen LogP contribution in [0.3, 0.4) is 0 Å². The number of alkyl halides is 7. The van der Waals surface area contributed by atoms with Gasteiger partial charge in [0.05, 0.1) is 0 Å². The van der Waals surface area contributed by atoms with E-state index >= 15 is 0 Å². The summed E-state index contributed by atoms with van der Waals surface area (Å²) in [5.74, 6) is -16.1. The van der Waals surface area contributed by atoms with E-state index in [1.54, 1.807) is 0 Å². The van der Waals surface area contributed by atoms with E-state index in [1.807, 2.05) is 0 Å². The summed E-state index contributed by atoms with van der Waals surface area (Å²) >= 11 is 0. The second-order valence-electron chi connectivity index (χ2n) is 2.84. The average molecular weight is 225 g/mol. The predicted octanol–water partition coefficient (Wildman–Crippen LogP) is 3.47. The van der Waals surface area contributed by atoms with E-state index in [9.17, 15) is 30.7 Å². The van der Waals surface area contributed by atoms with Gasteiger partial charge < -0.3 is 0 Å².